The lowest BCUT2D eigenvalue weighted by atomic mass is 10.1. The molecule has 0 spiro atoms. The van der Waals surface area contributed by atoms with Gasteiger partial charge in [-0.05, 0) is 60.2 Å². The Morgan fingerprint density at radius 3 is 2.45 bits per heavy atom. The molecule has 0 unspecified atom stereocenters. The summed E-state index contributed by atoms with van der Waals surface area (Å²) in [5, 5.41) is 0.636. The molecule has 3 aromatic carbocycles. The predicted molar refractivity (Wildman–Crippen MR) is 122 cm³/mol. The van der Waals surface area contributed by atoms with Crippen LogP contribution in [0.15, 0.2) is 71.6 Å². The Balaban J connectivity index is 1.83. The second-order valence-corrected chi connectivity index (χ2v) is 8.83. The molecule has 1 heterocycles. The van der Waals surface area contributed by atoms with Gasteiger partial charge in [-0.3, -0.25) is 0 Å². The van der Waals surface area contributed by atoms with Gasteiger partial charge < -0.3 is 4.57 Å². The zero-order chi connectivity index (χ0) is 22.0. The van der Waals surface area contributed by atoms with E-state index in [4.69, 9.17) is 16.6 Å². The molecule has 0 saturated carbocycles. The molecule has 160 valence electrons. The maximum absolute atomic E-state index is 13.0. The fourth-order valence-electron chi connectivity index (χ4n) is 3.42. The molecule has 0 radical (unpaired) electrons. The average molecular weight is 461 g/mol. The lowest BCUT2D eigenvalue weighted by Gasteiger charge is -2.12. The van der Waals surface area contributed by atoms with Crippen LogP contribution in [0.1, 0.15) is 24.5 Å². The summed E-state index contributed by atoms with van der Waals surface area (Å²) in [7, 11) is 0. The maximum atomic E-state index is 13.0. The Labute approximate surface area is 188 Å². The number of halogens is 4. The van der Waals surface area contributed by atoms with E-state index in [-0.39, 0.29) is 0 Å². The smallest absolute Gasteiger partial charge is 0.319 e. The normalized spacial score (nSPS) is 11.9. The van der Waals surface area contributed by atoms with Gasteiger partial charge in [-0.15, -0.1) is 11.8 Å². The zero-order valence-corrected chi connectivity index (χ0v) is 18.4. The van der Waals surface area contributed by atoms with Crippen molar-refractivity contribution in [1.29, 1.82) is 0 Å². The molecule has 0 aliphatic rings. The molecule has 0 saturated heterocycles. The van der Waals surface area contributed by atoms with E-state index in [0.29, 0.717) is 23.0 Å². The molecule has 0 aliphatic heterocycles. The first-order chi connectivity index (χ1) is 14.8. The van der Waals surface area contributed by atoms with E-state index >= 15 is 0 Å². The molecule has 4 aromatic rings. The second-order valence-electron chi connectivity index (χ2n) is 7.23. The van der Waals surface area contributed by atoms with Crippen LogP contribution in [-0.4, -0.2) is 15.3 Å². The van der Waals surface area contributed by atoms with Crippen LogP contribution in [0.5, 0.6) is 0 Å². The number of rotatable bonds is 6. The largest absolute Gasteiger partial charge is 0.416 e. The fourth-order valence-corrected chi connectivity index (χ4v) is 4.43. The van der Waals surface area contributed by atoms with Gasteiger partial charge >= 0.3 is 6.18 Å². The molecule has 0 atom stereocenters. The van der Waals surface area contributed by atoms with Crippen molar-refractivity contribution < 1.29 is 13.2 Å². The first kappa shape index (κ1) is 21.8. The fraction of sp³-hybridized carbons (Fsp3) is 0.208. The molecule has 4 rings (SSSR count). The molecule has 0 N–H and O–H groups in total. The molecule has 2 nitrogen and oxygen atoms in total. The first-order valence-electron chi connectivity index (χ1n) is 9.90. The van der Waals surface area contributed by atoms with Gasteiger partial charge in [0.2, 0.25) is 0 Å². The molecular formula is C24H20ClF3N2S. The molecular weight excluding hydrogens is 441 g/mol. The molecule has 7 heteroatoms. The number of nitrogens with zero attached hydrogens (tertiary/aromatic N) is 2. The summed E-state index contributed by atoms with van der Waals surface area (Å²) in [6.07, 6.45) is -3.30. The minimum Gasteiger partial charge on any atom is -0.319 e. The van der Waals surface area contributed by atoms with Gasteiger partial charge in [-0.25, -0.2) is 4.98 Å². The highest BCUT2D eigenvalue weighted by Gasteiger charge is 2.30. The maximum Gasteiger partial charge on any atom is 0.416 e. The zero-order valence-electron chi connectivity index (χ0n) is 16.8. The monoisotopic (exact) mass is 460 g/mol. The Kier molecular flexibility index (Phi) is 6.30. The summed E-state index contributed by atoms with van der Waals surface area (Å²) in [5.41, 5.74) is 2.70. The van der Waals surface area contributed by atoms with Crippen LogP contribution in [-0.2, 0) is 12.7 Å². The van der Waals surface area contributed by atoms with Gasteiger partial charge in [0.1, 0.15) is 5.82 Å². The molecule has 1 aromatic heterocycles. The average Bonchev–Trinajstić information content (AvgIpc) is 3.09. The van der Waals surface area contributed by atoms with E-state index in [1.54, 1.807) is 11.8 Å². The lowest BCUT2D eigenvalue weighted by Crippen LogP contribution is -2.05. The van der Waals surface area contributed by atoms with Crippen LogP contribution >= 0.6 is 23.4 Å². The van der Waals surface area contributed by atoms with Crippen LogP contribution in [0.3, 0.4) is 0 Å². The summed E-state index contributed by atoms with van der Waals surface area (Å²) in [4.78, 5) is 5.89. The Bertz CT molecular complexity index is 1200. The highest BCUT2D eigenvalue weighted by molar-refractivity contribution is 7.99. The number of aromatic nitrogens is 2. The second kappa shape index (κ2) is 8.97. The third-order valence-corrected chi connectivity index (χ3v) is 6.33. The van der Waals surface area contributed by atoms with Gasteiger partial charge in [-0.1, -0.05) is 42.8 Å². The van der Waals surface area contributed by atoms with E-state index in [9.17, 15) is 13.2 Å². The number of hydrogen-bond acceptors (Lipinski definition) is 2. The summed E-state index contributed by atoms with van der Waals surface area (Å²) >= 11 is 7.94. The van der Waals surface area contributed by atoms with E-state index in [1.807, 2.05) is 41.0 Å². The molecule has 0 fully saturated rings. The summed E-state index contributed by atoms with van der Waals surface area (Å²) < 4.78 is 41.1. The number of alkyl halides is 3. The topological polar surface area (TPSA) is 17.8 Å². The SMILES string of the molecule is CCCSc1ccc2nc(-c3ccc(C(F)(F)F)cc3)n(Cc3cccc(Cl)c3)c2c1. The minimum atomic E-state index is -4.37. The van der Waals surface area contributed by atoms with Gasteiger partial charge in [-0.2, -0.15) is 13.2 Å². The summed E-state index contributed by atoms with van der Waals surface area (Å²) in [5.74, 6) is 1.64. The van der Waals surface area contributed by atoms with Crippen LogP contribution in [0.2, 0.25) is 5.02 Å². The highest BCUT2D eigenvalue weighted by Crippen LogP contribution is 2.33. The van der Waals surface area contributed by atoms with Crippen molar-refractivity contribution in [3.05, 3.63) is 82.9 Å². The quantitative estimate of drug-likeness (QED) is 0.272. The van der Waals surface area contributed by atoms with E-state index in [2.05, 4.69) is 13.0 Å². The summed E-state index contributed by atoms with van der Waals surface area (Å²) in [6.45, 7) is 2.65. The Hall–Kier alpha value is -2.44. The van der Waals surface area contributed by atoms with Gasteiger partial charge in [0, 0.05) is 22.0 Å². The Morgan fingerprint density at radius 2 is 1.77 bits per heavy atom. The predicted octanol–water partition coefficient (Wildman–Crippen LogP) is 7.93. The van der Waals surface area contributed by atoms with E-state index < -0.39 is 11.7 Å². The van der Waals surface area contributed by atoms with Crippen LogP contribution < -0.4 is 0 Å². The van der Waals surface area contributed by atoms with Crippen molar-refractivity contribution >= 4 is 34.4 Å². The van der Waals surface area contributed by atoms with Crippen LogP contribution in [0.25, 0.3) is 22.4 Å². The minimum absolute atomic E-state index is 0.509. The lowest BCUT2D eigenvalue weighted by molar-refractivity contribution is -0.137. The van der Waals surface area contributed by atoms with Crippen molar-refractivity contribution in [2.45, 2.75) is 31.0 Å². The summed E-state index contributed by atoms with van der Waals surface area (Å²) in [6, 6.07) is 18.8. The van der Waals surface area contributed by atoms with Gasteiger partial charge in [0.05, 0.1) is 16.6 Å². The van der Waals surface area contributed by atoms with Crippen molar-refractivity contribution in [2.24, 2.45) is 0 Å². The third kappa shape index (κ3) is 4.91. The van der Waals surface area contributed by atoms with E-state index in [0.717, 1.165) is 45.8 Å². The van der Waals surface area contributed by atoms with Crippen LogP contribution in [0.4, 0.5) is 13.2 Å². The van der Waals surface area contributed by atoms with Crippen molar-refractivity contribution in [3.8, 4) is 11.4 Å². The molecule has 0 amide bonds. The van der Waals surface area contributed by atoms with Crippen LogP contribution in [0, 0.1) is 0 Å². The number of hydrogen-bond donors (Lipinski definition) is 0. The molecule has 0 bridgehead atoms. The van der Waals surface area contributed by atoms with Gasteiger partial charge in [0.25, 0.3) is 0 Å². The number of thioether (sulfide) groups is 1. The van der Waals surface area contributed by atoms with Crippen molar-refractivity contribution in [1.82, 2.24) is 9.55 Å². The first-order valence-corrected chi connectivity index (χ1v) is 11.3. The number of benzene rings is 3. The van der Waals surface area contributed by atoms with Crippen molar-refractivity contribution in [3.63, 3.8) is 0 Å². The molecule has 31 heavy (non-hydrogen) atoms. The number of fused-ring (bicyclic) bond motifs is 1. The third-order valence-electron chi connectivity index (χ3n) is 4.89. The standard InChI is InChI=1S/C24H20ClF3N2S/c1-2-12-31-20-10-11-21-22(14-20)30(15-16-4-3-5-19(25)13-16)23(29-21)17-6-8-18(9-7-17)24(26,27)28/h3-11,13-14H,2,12,15H2,1H3. The highest BCUT2D eigenvalue weighted by atomic mass is 35.5. The molecule has 0 aliphatic carbocycles. The van der Waals surface area contributed by atoms with E-state index in [1.165, 1.54) is 12.1 Å². The van der Waals surface area contributed by atoms with Crippen molar-refractivity contribution in [2.75, 3.05) is 5.75 Å². The Morgan fingerprint density at radius 1 is 1.00 bits per heavy atom. The van der Waals surface area contributed by atoms with Gasteiger partial charge in [0.15, 0.2) is 0 Å². The number of imidazole rings is 1.